The van der Waals surface area contributed by atoms with Crippen molar-refractivity contribution < 1.29 is 18.9 Å². The molecule has 2 heterocycles. The monoisotopic (exact) mass is 423 g/mol. The van der Waals surface area contributed by atoms with E-state index in [1.54, 1.807) is 0 Å². The quantitative estimate of drug-likeness (QED) is 0.366. The molecule has 0 saturated carbocycles. The van der Waals surface area contributed by atoms with Gasteiger partial charge >= 0.3 is 11.8 Å². The highest BCUT2D eigenvalue weighted by Gasteiger charge is 2.24. The van der Waals surface area contributed by atoms with Gasteiger partial charge in [-0.3, -0.25) is 19.7 Å². The summed E-state index contributed by atoms with van der Waals surface area (Å²) < 4.78 is 5.80. The molecule has 0 aliphatic carbocycles. The molecule has 0 bridgehead atoms. The molecular formula is C21H21N5O5. The highest BCUT2D eigenvalue weighted by Crippen LogP contribution is 2.26. The number of piperidine rings is 1. The van der Waals surface area contributed by atoms with Crippen LogP contribution in [0.15, 0.2) is 52.9 Å². The van der Waals surface area contributed by atoms with Crippen LogP contribution in [0.5, 0.6) is 0 Å². The fraction of sp³-hybridized carbons (Fsp3) is 0.286. The molecule has 1 aliphatic rings. The zero-order chi connectivity index (χ0) is 21.8. The third-order valence-corrected chi connectivity index (χ3v) is 5.26. The lowest BCUT2D eigenvalue weighted by molar-refractivity contribution is -0.384. The lowest BCUT2D eigenvalue weighted by atomic mass is 9.97. The molecule has 0 atom stereocenters. The van der Waals surface area contributed by atoms with Crippen molar-refractivity contribution in [3.05, 3.63) is 58.6 Å². The van der Waals surface area contributed by atoms with E-state index in [2.05, 4.69) is 20.5 Å². The summed E-state index contributed by atoms with van der Waals surface area (Å²) in [6.45, 7) is 1.90. The molecule has 2 N–H and O–H groups in total. The van der Waals surface area contributed by atoms with Crippen LogP contribution < -0.4 is 15.5 Å². The molecule has 1 saturated heterocycles. The van der Waals surface area contributed by atoms with Crippen LogP contribution in [0, 0.1) is 16.0 Å². The van der Waals surface area contributed by atoms with E-state index in [0.29, 0.717) is 18.2 Å². The second-order valence-electron chi connectivity index (χ2n) is 7.36. The Morgan fingerprint density at radius 3 is 2.48 bits per heavy atom. The highest BCUT2D eigenvalue weighted by molar-refractivity contribution is 6.39. The number of carbonyl (C=O) groups excluding carboxylic acids is 2. The minimum atomic E-state index is -0.808. The van der Waals surface area contributed by atoms with E-state index in [1.807, 2.05) is 24.3 Å². The van der Waals surface area contributed by atoms with Crippen molar-refractivity contribution in [1.82, 2.24) is 10.3 Å². The molecule has 10 nitrogen and oxygen atoms in total. The minimum Gasteiger partial charge on any atom is -0.423 e. The summed E-state index contributed by atoms with van der Waals surface area (Å²) in [5, 5.41) is 15.8. The Bertz CT molecular complexity index is 1070. The number of nitrogens with zero attached hydrogens (tertiary/aromatic N) is 3. The summed E-state index contributed by atoms with van der Waals surface area (Å²) >= 11 is 0. The number of nitrogens with one attached hydrogen (secondary N) is 2. The normalized spacial score (nSPS) is 14.4. The van der Waals surface area contributed by atoms with Gasteiger partial charge < -0.3 is 20.0 Å². The Balaban J connectivity index is 1.23. The molecule has 2 amide bonds. The second-order valence-corrected chi connectivity index (χ2v) is 7.36. The van der Waals surface area contributed by atoms with Gasteiger partial charge in [0.05, 0.1) is 4.92 Å². The van der Waals surface area contributed by atoms with Crippen molar-refractivity contribution in [3.8, 4) is 0 Å². The number of oxazole rings is 1. The first-order chi connectivity index (χ1) is 15.0. The van der Waals surface area contributed by atoms with Crippen molar-refractivity contribution in [2.75, 3.05) is 29.9 Å². The van der Waals surface area contributed by atoms with Crippen LogP contribution in [0.25, 0.3) is 11.1 Å². The van der Waals surface area contributed by atoms with Crippen molar-refractivity contribution in [2.24, 2.45) is 5.92 Å². The SMILES string of the molecule is O=C(NCC1CCN(c2nc3ccccc3o2)CC1)C(=O)Nc1ccc([N+](=O)[O-])cc1. The van der Waals surface area contributed by atoms with E-state index < -0.39 is 16.7 Å². The third kappa shape index (κ3) is 4.80. The zero-order valence-electron chi connectivity index (χ0n) is 16.6. The minimum absolute atomic E-state index is 0.0911. The largest absolute Gasteiger partial charge is 0.423 e. The lowest BCUT2D eigenvalue weighted by Crippen LogP contribution is -2.41. The fourth-order valence-electron chi connectivity index (χ4n) is 3.50. The number of hydrogen-bond donors (Lipinski definition) is 2. The van der Waals surface area contributed by atoms with Gasteiger partial charge in [-0.25, -0.2) is 0 Å². The maximum absolute atomic E-state index is 12.1. The Morgan fingerprint density at radius 2 is 1.81 bits per heavy atom. The van der Waals surface area contributed by atoms with E-state index in [1.165, 1.54) is 24.3 Å². The van der Waals surface area contributed by atoms with Gasteiger partial charge in [-0.15, -0.1) is 0 Å². The van der Waals surface area contributed by atoms with Crippen LogP contribution in [0.3, 0.4) is 0 Å². The Morgan fingerprint density at radius 1 is 1.10 bits per heavy atom. The van der Waals surface area contributed by atoms with Crippen molar-refractivity contribution in [3.63, 3.8) is 0 Å². The number of fused-ring (bicyclic) bond motifs is 1. The molecule has 3 aromatic rings. The summed E-state index contributed by atoms with van der Waals surface area (Å²) in [6, 6.07) is 13.5. The Kier molecular flexibility index (Phi) is 5.78. The summed E-state index contributed by atoms with van der Waals surface area (Å²) in [6.07, 6.45) is 1.67. The number of hydrogen-bond acceptors (Lipinski definition) is 7. The van der Waals surface area contributed by atoms with Crippen LogP contribution in [-0.4, -0.2) is 41.4 Å². The average Bonchev–Trinajstić information content (AvgIpc) is 3.22. The summed E-state index contributed by atoms with van der Waals surface area (Å²) in [5.74, 6) is -1.30. The van der Waals surface area contributed by atoms with E-state index in [4.69, 9.17) is 4.42 Å². The van der Waals surface area contributed by atoms with Gasteiger partial charge in [-0.1, -0.05) is 12.1 Å². The number of rotatable bonds is 5. The van der Waals surface area contributed by atoms with Crippen LogP contribution in [-0.2, 0) is 9.59 Å². The number of carbonyl (C=O) groups is 2. The number of anilines is 2. The van der Waals surface area contributed by atoms with Gasteiger partial charge in [0.15, 0.2) is 5.58 Å². The van der Waals surface area contributed by atoms with Gasteiger partial charge in [0.1, 0.15) is 5.52 Å². The molecule has 31 heavy (non-hydrogen) atoms. The number of amides is 2. The first-order valence-electron chi connectivity index (χ1n) is 9.94. The Hall–Kier alpha value is -3.95. The molecular weight excluding hydrogens is 402 g/mol. The first-order valence-corrected chi connectivity index (χ1v) is 9.94. The summed E-state index contributed by atoms with van der Waals surface area (Å²) in [4.78, 5) is 40.8. The van der Waals surface area contributed by atoms with Crippen molar-refractivity contribution >= 4 is 40.3 Å². The molecule has 2 aromatic carbocycles. The van der Waals surface area contributed by atoms with E-state index in [0.717, 1.165) is 37.0 Å². The van der Waals surface area contributed by atoms with Gasteiger partial charge in [0.2, 0.25) is 0 Å². The number of nitro groups is 1. The molecule has 0 spiro atoms. The Labute approximate surface area is 177 Å². The molecule has 1 fully saturated rings. The number of nitro benzene ring substituents is 1. The van der Waals surface area contributed by atoms with Crippen LogP contribution in [0.1, 0.15) is 12.8 Å². The highest BCUT2D eigenvalue weighted by atomic mass is 16.6. The third-order valence-electron chi connectivity index (χ3n) is 5.26. The smallest absolute Gasteiger partial charge is 0.313 e. The number of para-hydroxylation sites is 2. The lowest BCUT2D eigenvalue weighted by Gasteiger charge is -2.30. The number of aromatic nitrogens is 1. The van der Waals surface area contributed by atoms with E-state index in [-0.39, 0.29) is 11.6 Å². The van der Waals surface area contributed by atoms with E-state index in [9.17, 15) is 19.7 Å². The molecule has 4 rings (SSSR count). The zero-order valence-corrected chi connectivity index (χ0v) is 16.6. The predicted octanol–water partition coefficient (Wildman–Crippen LogP) is 2.71. The fourth-order valence-corrected chi connectivity index (χ4v) is 3.50. The van der Waals surface area contributed by atoms with Crippen LogP contribution >= 0.6 is 0 Å². The molecule has 10 heteroatoms. The molecule has 0 unspecified atom stereocenters. The van der Waals surface area contributed by atoms with Crippen LogP contribution in [0.2, 0.25) is 0 Å². The second kappa shape index (κ2) is 8.82. The molecule has 160 valence electrons. The van der Waals surface area contributed by atoms with Crippen molar-refractivity contribution in [1.29, 1.82) is 0 Å². The predicted molar refractivity (Wildman–Crippen MR) is 114 cm³/mol. The first kappa shape index (κ1) is 20.3. The average molecular weight is 423 g/mol. The van der Waals surface area contributed by atoms with Gasteiger partial charge in [-0.2, -0.15) is 4.98 Å². The maximum atomic E-state index is 12.1. The van der Waals surface area contributed by atoms with Crippen molar-refractivity contribution in [2.45, 2.75) is 12.8 Å². The van der Waals surface area contributed by atoms with Gasteiger partial charge in [0, 0.05) is 37.5 Å². The standard InChI is InChI=1S/C21H21N5O5/c27-19(20(28)23-15-5-7-16(8-6-15)26(29)30)22-13-14-9-11-25(12-10-14)21-24-17-3-1-2-4-18(17)31-21/h1-8,14H,9-13H2,(H,22,27)(H,23,28). The van der Waals surface area contributed by atoms with E-state index >= 15 is 0 Å². The maximum Gasteiger partial charge on any atom is 0.313 e. The number of benzene rings is 2. The van der Waals surface area contributed by atoms with Gasteiger partial charge in [-0.05, 0) is 43.0 Å². The number of non-ortho nitro benzene ring substituents is 1. The molecule has 0 radical (unpaired) electrons. The topological polar surface area (TPSA) is 131 Å². The van der Waals surface area contributed by atoms with Crippen LogP contribution in [0.4, 0.5) is 17.4 Å². The molecule has 1 aromatic heterocycles. The molecule has 1 aliphatic heterocycles. The summed E-state index contributed by atoms with van der Waals surface area (Å²) in [7, 11) is 0. The summed E-state index contributed by atoms with van der Waals surface area (Å²) in [5.41, 5.74) is 1.81. The van der Waals surface area contributed by atoms with Gasteiger partial charge in [0.25, 0.3) is 11.7 Å².